The summed E-state index contributed by atoms with van der Waals surface area (Å²) in [6.07, 6.45) is 4.08. The highest BCUT2D eigenvalue weighted by Crippen LogP contribution is 2.22. The molecule has 0 bridgehead atoms. The van der Waals surface area contributed by atoms with Crippen LogP contribution in [-0.2, 0) is 6.54 Å². The first-order valence-corrected chi connectivity index (χ1v) is 9.44. The van der Waals surface area contributed by atoms with E-state index in [0.717, 1.165) is 66.7 Å². The molecule has 1 aliphatic rings. The van der Waals surface area contributed by atoms with E-state index in [4.69, 9.17) is 4.42 Å². The molecule has 0 amide bonds. The molecule has 0 unspecified atom stereocenters. The highest BCUT2D eigenvalue weighted by molar-refractivity contribution is 9.10. The van der Waals surface area contributed by atoms with E-state index in [1.54, 1.807) is 6.20 Å². The molecule has 1 aliphatic heterocycles. The Hall–Kier alpha value is -1.67. The summed E-state index contributed by atoms with van der Waals surface area (Å²) in [6.45, 7) is 7.79. The van der Waals surface area contributed by atoms with Crippen molar-refractivity contribution in [2.24, 2.45) is 5.92 Å². The molecule has 0 spiro atoms. The normalized spacial score (nSPS) is 16.2. The molecule has 7 nitrogen and oxygen atoms in total. The van der Waals surface area contributed by atoms with Crippen molar-refractivity contribution in [2.75, 3.05) is 37.3 Å². The van der Waals surface area contributed by atoms with Crippen LogP contribution in [0.1, 0.15) is 30.2 Å². The lowest BCUT2D eigenvalue weighted by Crippen LogP contribution is -2.35. The predicted molar refractivity (Wildman–Crippen MR) is 102 cm³/mol. The van der Waals surface area contributed by atoms with Crippen LogP contribution in [0.2, 0.25) is 0 Å². The number of nitrogens with one attached hydrogen (secondary N) is 2. The first-order valence-electron chi connectivity index (χ1n) is 8.64. The fraction of sp³-hybridized carbons (Fsp3) is 0.588. The van der Waals surface area contributed by atoms with E-state index >= 15 is 0 Å². The third-order valence-electron chi connectivity index (χ3n) is 4.67. The van der Waals surface area contributed by atoms with Crippen LogP contribution >= 0.6 is 15.9 Å². The Morgan fingerprint density at radius 3 is 2.68 bits per heavy atom. The Kier molecular flexibility index (Phi) is 5.90. The standard InChI is InChI=1S/C17H25BrN6O/c1-11-12(2)25-15(22-11)10-24-6-4-13(5-7-24)8-20-17-21-9-14(18)16(19-3)23-17/h9,13H,4-8,10H2,1-3H3,(H2,19,20,21,23). The van der Waals surface area contributed by atoms with E-state index in [1.165, 1.54) is 0 Å². The zero-order valence-corrected chi connectivity index (χ0v) is 16.6. The van der Waals surface area contributed by atoms with Crippen LogP contribution in [0.25, 0.3) is 0 Å². The third kappa shape index (κ3) is 4.70. The van der Waals surface area contributed by atoms with E-state index < -0.39 is 0 Å². The van der Waals surface area contributed by atoms with Crippen molar-refractivity contribution in [3.63, 3.8) is 0 Å². The summed E-state index contributed by atoms with van der Waals surface area (Å²) in [5, 5.41) is 6.41. The molecule has 3 rings (SSSR count). The molecule has 1 saturated heterocycles. The van der Waals surface area contributed by atoms with Gasteiger partial charge in [0.15, 0.2) is 0 Å². The molecule has 0 atom stereocenters. The summed E-state index contributed by atoms with van der Waals surface area (Å²) < 4.78 is 6.56. The number of aryl methyl sites for hydroxylation is 2. The van der Waals surface area contributed by atoms with Crippen LogP contribution < -0.4 is 10.6 Å². The number of rotatable bonds is 6. The van der Waals surface area contributed by atoms with Gasteiger partial charge in [0.1, 0.15) is 11.6 Å². The largest absolute Gasteiger partial charge is 0.444 e. The monoisotopic (exact) mass is 408 g/mol. The Morgan fingerprint density at radius 1 is 1.28 bits per heavy atom. The van der Waals surface area contributed by atoms with Crippen LogP contribution in [0.3, 0.4) is 0 Å². The van der Waals surface area contributed by atoms with Gasteiger partial charge in [-0.25, -0.2) is 9.97 Å². The topological polar surface area (TPSA) is 79.1 Å². The van der Waals surface area contributed by atoms with E-state index in [-0.39, 0.29) is 0 Å². The molecule has 3 heterocycles. The molecule has 136 valence electrons. The minimum Gasteiger partial charge on any atom is -0.444 e. The molecule has 0 radical (unpaired) electrons. The summed E-state index contributed by atoms with van der Waals surface area (Å²) in [5.74, 6) is 3.85. The number of anilines is 2. The van der Waals surface area contributed by atoms with Crippen molar-refractivity contribution in [1.29, 1.82) is 0 Å². The number of halogens is 1. The smallest absolute Gasteiger partial charge is 0.224 e. The lowest BCUT2D eigenvalue weighted by molar-refractivity contribution is 0.167. The zero-order chi connectivity index (χ0) is 17.8. The molecule has 2 aromatic rings. The highest BCUT2D eigenvalue weighted by Gasteiger charge is 2.21. The second-order valence-electron chi connectivity index (χ2n) is 6.49. The summed E-state index contributed by atoms with van der Waals surface area (Å²) in [4.78, 5) is 15.6. The first kappa shape index (κ1) is 18.1. The van der Waals surface area contributed by atoms with Crippen LogP contribution in [-0.4, -0.2) is 46.5 Å². The maximum Gasteiger partial charge on any atom is 0.224 e. The number of hydrogen-bond acceptors (Lipinski definition) is 7. The summed E-state index contributed by atoms with van der Waals surface area (Å²) in [7, 11) is 1.85. The molecule has 0 aromatic carbocycles. The van der Waals surface area contributed by atoms with E-state index in [2.05, 4.69) is 46.4 Å². The number of nitrogens with zero attached hydrogens (tertiary/aromatic N) is 4. The van der Waals surface area contributed by atoms with Crippen LogP contribution in [0.5, 0.6) is 0 Å². The molecular weight excluding hydrogens is 384 g/mol. The Bertz CT molecular complexity index is 692. The summed E-state index contributed by atoms with van der Waals surface area (Å²) in [6, 6.07) is 0. The van der Waals surface area contributed by atoms with E-state index in [9.17, 15) is 0 Å². The van der Waals surface area contributed by atoms with Crippen molar-refractivity contribution in [3.8, 4) is 0 Å². The first-order chi connectivity index (χ1) is 12.0. The molecule has 1 fully saturated rings. The van der Waals surface area contributed by atoms with Gasteiger partial charge in [-0.2, -0.15) is 4.98 Å². The molecule has 25 heavy (non-hydrogen) atoms. The van der Waals surface area contributed by atoms with Crippen molar-refractivity contribution in [1.82, 2.24) is 19.9 Å². The number of aromatic nitrogens is 3. The van der Waals surface area contributed by atoms with Gasteiger partial charge in [-0.05, 0) is 61.6 Å². The van der Waals surface area contributed by atoms with Crippen molar-refractivity contribution >= 4 is 27.7 Å². The molecular formula is C17H25BrN6O. The summed E-state index contributed by atoms with van der Waals surface area (Å²) in [5.41, 5.74) is 0.990. The van der Waals surface area contributed by atoms with Gasteiger partial charge < -0.3 is 15.1 Å². The van der Waals surface area contributed by atoms with Gasteiger partial charge in [0.25, 0.3) is 0 Å². The minimum atomic E-state index is 0.634. The van der Waals surface area contributed by atoms with E-state index in [1.807, 2.05) is 20.9 Å². The van der Waals surface area contributed by atoms with Crippen molar-refractivity contribution < 1.29 is 4.42 Å². The fourth-order valence-electron chi connectivity index (χ4n) is 3.01. The van der Waals surface area contributed by atoms with Gasteiger partial charge in [0.05, 0.1) is 16.7 Å². The van der Waals surface area contributed by atoms with Gasteiger partial charge in [0, 0.05) is 19.8 Å². The van der Waals surface area contributed by atoms with E-state index in [0.29, 0.717) is 11.9 Å². The third-order valence-corrected chi connectivity index (χ3v) is 5.25. The molecule has 8 heteroatoms. The Morgan fingerprint density at radius 2 is 2.04 bits per heavy atom. The van der Waals surface area contributed by atoms with Gasteiger partial charge in [-0.15, -0.1) is 0 Å². The minimum absolute atomic E-state index is 0.634. The average Bonchev–Trinajstić information content (AvgIpc) is 2.93. The highest BCUT2D eigenvalue weighted by atomic mass is 79.9. The number of oxazole rings is 1. The van der Waals surface area contributed by atoms with Gasteiger partial charge in [0.2, 0.25) is 11.8 Å². The molecule has 0 aliphatic carbocycles. The SMILES string of the molecule is CNc1nc(NCC2CCN(Cc3nc(C)c(C)o3)CC2)ncc1Br. The quantitative estimate of drug-likeness (QED) is 0.759. The van der Waals surface area contributed by atoms with Gasteiger partial charge in [-0.1, -0.05) is 0 Å². The van der Waals surface area contributed by atoms with Gasteiger partial charge in [-0.3, -0.25) is 4.90 Å². The fourth-order valence-corrected chi connectivity index (χ4v) is 3.40. The Labute approximate surface area is 156 Å². The average molecular weight is 409 g/mol. The van der Waals surface area contributed by atoms with Crippen LogP contribution in [0, 0.1) is 19.8 Å². The van der Waals surface area contributed by atoms with Crippen LogP contribution in [0.15, 0.2) is 15.1 Å². The molecule has 2 N–H and O–H groups in total. The lowest BCUT2D eigenvalue weighted by atomic mass is 9.97. The number of piperidine rings is 1. The number of likely N-dealkylation sites (tertiary alicyclic amines) is 1. The van der Waals surface area contributed by atoms with Gasteiger partial charge >= 0.3 is 0 Å². The Balaban J connectivity index is 1.44. The maximum absolute atomic E-state index is 5.69. The zero-order valence-electron chi connectivity index (χ0n) is 15.0. The van der Waals surface area contributed by atoms with Crippen molar-refractivity contribution in [3.05, 3.63) is 28.0 Å². The molecule has 2 aromatic heterocycles. The predicted octanol–water partition coefficient (Wildman–Crippen LogP) is 3.21. The lowest BCUT2D eigenvalue weighted by Gasteiger charge is -2.31. The molecule has 0 saturated carbocycles. The number of hydrogen-bond donors (Lipinski definition) is 2. The second-order valence-corrected chi connectivity index (χ2v) is 7.34. The van der Waals surface area contributed by atoms with Crippen LogP contribution in [0.4, 0.5) is 11.8 Å². The summed E-state index contributed by atoms with van der Waals surface area (Å²) >= 11 is 3.42. The maximum atomic E-state index is 5.69. The van der Waals surface area contributed by atoms with Crippen molar-refractivity contribution in [2.45, 2.75) is 33.2 Å². The second kappa shape index (κ2) is 8.14.